The Bertz CT molecular complexity index is 1240. The lowest BCUT2D eigenvalue weighted by Crippen LogP contribution is -2.50. The van der Waals surface area contributed by atoms with E-state index in [9.17, 15) is 23.1 Å². The van der Waals surface area contributed by atoms with Crippen molar-refractivity contribution in [2.45, 2.75) is 36.2 Å². The number of hydrogen-bond acceptors (Lipinski definition) is 8. The average molecular weight is 543 g/mol. The molecule has 1 fully saturated rings. The van der Waals surface area contributed by atoms with Crippen molar-refractivity contribution in [1.29, 1.82) is 0 Å². The second-order valence-corrected chi connectivity index (χ2v) is 11.1. The SMILES string of the molecule is CN(C1=NCCCN1)C1CCN(c2ccc(C(=O)NC[C@H](NS(=O)(=O)c3ccccc3)C(=O)O)cc2)CC1. The van der Waals surface area contributed by atoms with E-state index in [0.717, 1.165) is 57.1 Å². The van der Waals surface area contributed by atoms with Crippen molar-refractivity contribution in [3.05, 3.63) is 60.2 Å². The van der Waals surface area contributed by atoms with Gasteiger partial charge in [-0.2, -0.15) is 4.72 Å². The van der Waals surface area contributed by atoms with E-state index in [4.69, 9.17) is 0 Å². The number of sulfonamides is 1. The number of aliphatic carboxylic acids is 1. The Labute approximate surface area is 223 Å². The van der Waals surface area contributed by atoms with Crippen LogP contribution in [0.3, 0.4) is 0 Å². The van der Waals surface area contributed by atoms with Crippen LogP contribution in [0.25, 0.3) is 0 Å². The lowest BCUT2D eigenvalue weighted by molar-refractivity contribution is -0.138. The third kappa shape index (κ3) is 6.81. The largest absolute Gasteiger partial charge is 0.480 e. The number of piperidine rings is 1. The van der Waals surface area contributed by atoms with Crippen LogP contribution < -0.4 is 20.3 Å². The molecule has 2 heterocycles. The predicted octanol–water partition coefficient (Wildman–Crippen LogP) is 1.10. The number of guanidine groups is 1. The smallest absolute Gasteiger partial charge is 0.323 e. The van der Waals surface area contributed by atoms with Gasteiger partial charge in [0.15, 0.2) is 5.96 Å². The van der Waals surface area contributed by atoms with Crippen molar-refractivity contribution in [2.24, 2.45) is 4.99 Å². The van der Waals surface area contributed by atoms with Crippen LogP contribution in [0.5, 0.6) is 0 Å². The van der Waals surface area contributed by atoms with Gasteiger partial charge in [0.05, 0.1) is 4.90 Å². The molecule has 2 aromatic carbocycles. The molecule has 0 aromatic heterocycles. The minimum Gasteiger partial charge on any atom is -0.480 e. The molecule has 0 radical (unpaired) electrons. The molecule has 0 spiro atoms. The molecular formula is C26H34N6O5S. The van der Waals surface area contributed by atoms with E-state index in [1.54, 1.807) is 30.3 Å². The molecule has 204 valence electrons. The topological polar surface area (TPSA) is 143 Å². The Morgan fingerprint density at radius 3 is 2.42 bits per heavy atom. The number of benzene rings is 2. The Balaban J connectivity index is 1.29. The normalized spacial score (nSPS) is 17.2. The molecule has 0 unspecified atom stereocenters. The van der Waals surface area contributed by atoms with Gasteiger partial charge < -0.3 is 25.5 Å². The molecule has 11 nitrogen and oxygen atoms in total. The van der Waals surface area contributed by atoms with Gasteiger partial charge in [-0.25, -0.2) is 8.42 Å². The summed E-state index contributed by atoms with van der Waals surface area (Å²) in [4.78, 5) is 33.3. The van der Waals surface area contributed by atoms with Crippen LogP contribution in [-0.2, 0) is 14.8 Å². The van der Waals surface area contributed by atoms with Gasteiger partial charge in [-0.1, -0.05) is 18.2 Å². The van der Waals surface area contributed by atoms with Crippen molar-refractivity contribution < 1.29 is 23.1 Å². The number of nitrogens with zero attached hydrogens (tertiary/aromatic N) is 3. The highest BCUT2D eigenvalue weighted by molar-refractivity contribution is 7.89. The minimum absolute atomic E-state index is 0.0525. The zero-order chi connectivity index (χ0) is 27.1. The second-order valence-electron chi connectivity index (χ2n) is 9.40. The Hall–Kier alpha value is -3.64. The summed E-state index contributed by atoms with van der Waals surface area (Å²) in [5.74, 6) is -0.897. The van der Waals surface area contributed by atoms with Gasteiger partial charge >= 0.3 is 5.97 Å². The number of carbonyl (C=O) groups excluding carboxylic acids is 1. The van der Waals surface area contributed by atoms with Gasteiger partial charge in [-0.05, 0) is 55.7 Å². The molecule has 0 aliphatic carbocycles. The van der Waals surface area contributed by atoms with Crippen LogP contribution in [0, 0.1) is 0 Å². The number of carbonyl (C=O) groups is 2. The molecule has 2 aliphatic rings. The first-order chi connectivity index (χ1) is 18.2. The number of carboxylic acid groups (broad SMARTS) is 1. The molecule has 12 heteroatoms. The van der Waals surface area contributed by atoms with E-state index < -0.39 is 34.5 Å². The van der Waals surface area contributed by atoms with Gasteiger partial charge in [-0.3, -0.25) is 14.6 Å². The third-order valence-electron chi connectivity index (χ3n) is 6.84. The van der Waals surface area contributed by atoms with E-state index in [-0.39, 0.29) is 4.90 Å². The van der Waals surface area contributed by atoms with E-state index in [0.29, 0.717) is 11.6 Å². The minimum atomic E-state index is -4.05. The van der Waals surface area contributed by atoms with E-state index in [1.165, 1.54) is 12.1 Å². The second kappa shape index (κ2) is 12.3. The van der Waals surface area contributed by atoms with E-state index in [1.807, 2.05) is 12.1 Å². The number of nitrogens with one attached hydrogen (secondary N) is 3. The maximum absolute atomic E-state index is 12.6. The van der Waals surface area contributed by atoms with Gasteiger partial charge in [0.25, 0.3) is 5.91 Å². The molecule has 0 saturated carbocycles. The standard InChI is InChI=1S/C26H34N6O5S/c1-31(26-27-14-5-15-28-26)20-12-16-32(17-13-20)21-10-8-19(9-11-21)24(33)29-18-23(25(34)35)30-38(36,37)22-6-3-2-4-7-22/h2-4,6-11,20,23,30H,5,12-18H2,1H3,(H,27,28)(H,29,33)(H,34,35)/t23-/m0/s1. The van der Waals surface area contributed by atoms with Gasteiger partial charge in [0.1, 0.15) is 6.04 Å². The molecule has 2 aliphatic heterocycles. The van der Waals surface area contributed by atoms with Crippen molar-refractivity contribution >= 4 is 33.5 Å². The van der Waals surface area contributed by atoms with Crippen LogP contribution in [0.2, 0.25) is 0 Å². The summed E-state index contributed by atoms with van der Waals surface area (Å²) >= 11 is 0. The van der Waals surface area contributed by atoms with Crippen molar-refractivity contribution in [3.8, 4) is 0 Å². The number of anilines is 1. The van der Waals surface area contributed by atoms with Crippen LogP contribution in [-0.4, -0.2) is 88.1 Å². The zero-order valence-corrected chi connectivity index (χ0v) is 22.2. The predicted molar refractivity (Wildman–Crippen MR) is 145 cm³/mol. The molecule has 2 aromatic rings. The number of aliphatic imine (C=N–C) groups is 1. The molecule has 38 heavy (non-hydrogen) atoms. The summed E-state index contributed by atoms with van der Waals surface area (Å²) in [5, 5.41) is 15.4. The summed E-state index contributed by atoms with van der Waals surface area (Å²) in [6.07, 6.45) is 3.06. The lowest BCUT2D eigenvalue weighted by Gasteiger charge is -2.39. The number of carboxylic acids is 1. The highest BCUT2D eigenvalue weighted by Crippen LogP contribution is 2.23. The molecule has 4 N–H and O–H groups in total. The summed E-state index contributed by atoms with van der Waals surface area (Å²) in [7, 11) is -1.96. The Morgan fingerprint density at radius 2 is 1.82 bits per heavy atom. The summed E-state index contributed by atoms with van der Waals surface area (Å²) < 4.78 is 27.1. The maximum Gasteiger partial charge on any atom is 0.323 e. The quantitative estimate of drug-likeness (QED) is 0.369. The summed E-state index contributed by atoms with van der Waals surface area (Å²) in [6, 6.07) is 13.5. The molecular weight excluding hydrogens is 508 g/mol. The van der Waals surface area contributed by atoms with Crippen molar-refractivity contribution in [1.82, 2.24) is 20.3 Å². The fourth-order valence-electron chi connectivity index (χ4n) is 4.60. The molecule has 1 saturated heterocycles. The van der Waals surface area contributed by atoms with Gasteiger partial charge in [0, 0.05) is 57.1 Å². The average Bonchev–Trinajstić information content (AvgIpc) is 2.95. The van der Waals surface area contributed by atoms with E-state index in [2.05, 4.69) is 37.2 Å². The zero-order valence-electron chi connectivity index (χ0n) is 21.3. The molecule has 1 amide bonds. The summed E-state index contributed by atoms with van der Waals surface area (Å²) in [6.45, 7) is 3.20. The van der Waals surface area contributed by atoms with Crippen LogP contribution >= 0.6 is 0 Å². The van der Waals surface area contributed by atoms with Crippen molar-refractivity contribution in [2.75, 3.05) is 44.7 Å². The lowest BCUT2D eigenvalue weighted by atomic mass is 10.0. The van der Waals surface area contributed by atoms with Gasteiger partial charge in [0.2, 0.25) is 10.0 Å². The monoisotopic (exact) mass is 542 g/mol. The van der Waals surface area contributed by atoms with Crippen LogP contribution in [0.1, 0.15) is 29.6 Å². The Morgan fingerprint density at radius 1 is 1.13 bits per heavy atom. The fraction of sp³-hybridized carbons (Fsp3) is 0.423. The Kier molecular flexibility index (Phi) is 8.85. The maximum atomic E-state index is 12.6. The number of amides is 1. The first-order valence-electron chi connectivity index (χ1n) is 12.7. The summed E-state index contributed by atoms with van der Waals surface area (Å²) in [5.41, 5.74) is 1.37. The molecule has 1 atom stereocenters. The highest BCUT2D eigenvalue weighted by atomic mass is 32.2. The first-order valence-corrected chi connectivity index (χ1v) is 14.2. The highest BCUT2D eigenvalue weighted by Gasteiger charge is 2.27. The number of rotatable bonds is 9. The van der Waals surface area contributed by atoms with E-state index >= 15 is 0 Å². The number of hydrogen-bond donors (Lipinski definition) is 4. The third-order valence-corrected chi connectivity index (χ3v) is 8.32. The van der Waals surface area contributed by atoms with Crippen LogP contribution in [0.4, 0.5) is 5.69 Å². The van der Waals surface area contributed by atoms with Crippen molar-refractivity contribution in [3.63, 3.8) is 0 Å². The molecule has 4 rings (SSSR count). The fourth-order valence-corrected chi connectivity index (χ4v) is 5.81. The van der Waals surface area contributed by atoms with Gasteiger partial charge in [-0.15, -0.1) is 0 Å². The molecule has 0 bridgehead atoms. The van der Waals surface area contributed by atoms with Crippen LogP contribution in [0.15, 0.2) is 64.5 Å². The first kappa shape index (κ1) is 27.4.